The number of aliphatic hydroxyl groups is 1. The van der Waals surface area contributed by atoms with E-state index in [4.69, 9.17) is 5.41 Å². The maximum atomic E-state index is 11.5. The summed E-state index contributed by atoms with van der Waals surface area (Å²) in [4.78, 5) is 11.5. The minimum atomic E-state index is -0.712. The lowest BCUT2D eigenvalue weighted by atomic mass is 10.0. The van der Waals surface area contributed by atoms with Crippen LogP contribution in [-0.4, -0.2) is 23.9 Å². The van der Waals surface area contributed by atoms with E-state index in [-0.39, 0.29) is 17.0 Å². The first-order valence-corrected chi connectivity index (χ1v) is 5.11. The maximum absolute atomic E-state index is 11.5. The van der Waals surface area contributed by atoms with Crippen LogP contribution in [0.4, 0.5) is 0 Å². The van der Waals surface area contributed by atoms with Gasteiger partial charge in [-0.1, -0.05) is 29.8 Å². The maximum Gasteiger partial charge on any atom is 0.343 e. The van der Waals surface area contributed by atoms with Gasteiger partial charge in [-0.25, -0.2) is 4.79 Å². The molecule has 90 valence electrons. The molecule has 0 atom stereocenters. The summed E-state index contributed by atoms with van der Waals surface area (Å²) in [6.45, 7) is 3.29. The highest BCUT2D eigenvalue weighted by Crippen LogP contribution is 2.13. The Kier molecular flexibility index (Phi) is 4.04. The predicted octanol–water partition coefficient (Wildman–Crippen LogP) is 2.37. The molecule has 4 heteroatoms. The van der Waals surface area contributed by atoms with Crippen molar-refractivity contribution >= 4 is 11.7 Å². The molecule has 0 saturated carbocycles. The lowest BCUT2D eigenvalue weighted by Gasteiger charge is -2.08. The van der Waals surface area contributed by atoms with Gasteiger partial charge in [0.15, 0.2) is 0 Å². The molecule has 1 aromatic carbocycles. The van der Waals surface area contributed by atoms with Crippen LogP contribution in [0.3, 0.4) is 0 Å². The Morgan fingerprint density at radius 2 is 1.82 bits per heavy atom. The number of esters is 1. The number of hydrogen-bond acceptors (Lipinski definition) is 4. The summed E-state index contributed by atoms with van der Waals surface area (Å²) in [6, 6.07) is 7.13. The van der Waals surface area contributed by atoms with Crippen molar-refractivity contribution in [2.24, 2.45) is 0 Å². The highest BCUT2D eigenvalue weighted by Gasteiger charge is 2.20. The van der Waals surface area contributed by atoms with Crippen molar-refractivity contribution in [2.75, 3.05) is 7.11 Å². The van der Waals surface area contributed by atoms with Crippen LogP contribution >= 0.6 is 0 Å². The molecule has 4 nitrogen and oxygen atoms in total. The van der Waals surface area contributed by atoms with Crippen molar-refractivity contribution < 1.29 is 14.6 Å². The third kappa shape index (κ3) is 2.93. The lowest BCUT2D eigenvalue weighted by molar-refractivity contribution is -0.135. The molecule has 0 saturated heterocycles. The summed E-state index contributed by atoms with van der Waals surface area (Å²) >= 11 is 0. The number of methoxy groups -OCH3 is 1. The number of ether oxygens (including phenoxy) is 1. The van der Waals surface area contributed by atoms with Gasteiger partial charge in [0, 0.05) is 5.56 Å². The number of nitrogens with one attached hydrogen (secondary N) is 1. The van der Waals surface area contributed by atoms with E-state index in [1.165, 1.54) is 14.0 Å². The molecule has 0 unspecified atom stereocenters. The first kappa shape index (κ1) is 13.0. The minimum Gasteiger partial charge on any atom is -0.512 e. The van der Waals surface area contributed by atoms with E-state index in [1.807, 2.05) is 19.1 Å². The Morgan fingerprint density at radius 1 is 1.29 bits per heavy atom. The van der Waals surface area contributed by atoms with E-state index in [0.717, 1.165) is 5.56 Å². The molecule has 1 aromatic rings. The largest absolute Gasteiger partial charge is 0.512 e. The summed E-state index contributed by atoms with van der Waals surface area (Å²) < 4.78 is 4.54. The SMILES string of the molecule is COC(=O)/C(C(=N)c1ccc(C)cc1)=C(/C)O. The van der Waals surface area contributed by atoms with Crippen LogP contribution in [0.15, 0.2) is 35.6 Å². The van der Waals surface area contributed by atoms with E-state index in [0.29, 0.717) is 5.56 Å². The number of hydrogen-bond donors (Lipinski definition) is 2. The Balaban J connectivity index is 3.15. The molecule has 0 heterocycles. The standard InChI is InChI=1S/C13H15NO3/c1-8-4-6-10(7-5-8)12(14)11(9(2)15)13(16)17-3/h4-7,14-15H,1-3H3/b11-9-,14-12?. The Morgan fingerprint density at radius 3 is 2.24 bits per heavy atom. The van der Waals surface area contributed by atoms with Gasteiger partial charge in [-0.3, -0.25) is 5.41 Å². The van der Waals surface area contributed by atoms with Crippen LogP contribution in [0.1, 0.15) is 18.1 Å². The zero-order chi connectivity index (χ0) is 13.0. The smallest absolute Gasteiger partial charge is 0.343 e. The Hall–Kier alpha value is -2.10. The molecule has 2 N–H and O–H groups in total. The molecule has 0 amide bonds. The number of allylic oxidation sites excluding steroid dienone is 1. The molecule has 1 rings (SSSR count). The van der Waals surface area contributed by atoms with E-state index in [2.05, 4.69) is 4.74 Å². The normalized spacial score (nSPS) is 11.7. The van der Waals surface area contributed by atoms with Crippen LogP contribution in [0.2, 0.25) is 0 Å². The third-order valence-electron chi connectivity index (χ3n) is 2.34. The topological polar surface area (TPSA) is 70.4 Å². The summed E-state index contributed by atoms with van der Waals surface area (Å²) in [6.07, 6.45) is 0. The Bertz CT molecular complexity index is 468. The highest BCUT2D eigenvalue weighted by molar-refractivity contribution is 6.25. The van der Waals surface area contributed by atoms with E-state index < -0.39 is 5.97 Å². The van der Waals surface area contributed by atoms with Crippen LogP contribution in [0.25, 0.3) is 0 Å². The fourth-order valence-electron chi connectivity index (χ4n) is 1.40. The van der Waals surface area contributed by atoms with Gasteiger partial charge in [0.05, 0.1) is 12.8 Å². The van der Waals surface area contributed by atoms with Crippen molar-refractivity contribution in [2.45, 2.75) is 13.8 Å². The number of carbonyl (C=O) groups excluding carboxylic acids is 1. The monoisotopic (exact) mass is 233 g/mol. The number of carbonyl (C=O) groups is 1. The molecular weight excluding hydrogens is 218 g/mol. The van der Waals surface area contributed by atoms with Crippen molar-refractivity contribution in [1.29, 1.82) is 5.41 Å². The second-order valence-electron chi connectivity index (χ2n) is 3.69. The predicted molar refractivity (Wildman–Crippen MR) is 65.4 cm³/mol. The molecular formula is C13H15NO3. The van der Waals surface area contributed by atoms with Crippen LogP contribution in [0.5, 0.6) is 0 Å². The fourth-order valence-corrected chi connectivity index (χ4v) is 1.40. The minimum absolute atomic E-state index is 0.0446. The van der Waals surface area contributed by atoms with Gasteiger partial charge in [-0.15, -0.1) is 0 Å². The first-order chi connectivity index (χ1) is 7.97. The van der Waals surface area contributed by atoms with Gasteiger partial charge in [0.2, 0.25) is 0 Å². The second-order valence-corrected chi connectivity index (χ2v) is 3.69. The van der Waals surface area contributed by atoms with Crippen molar-refractivity contribution in [3.8, 4) is 0 Å². The van der Waals surface area contributed by atoms with Gasteiger partial charge in [-0.05, 0) is 13.8 Å². The molecule has 0 aliphatic rings. The van der Waals surface area contributed by atoms with Crippen LogP contribution in [-0.2, 0) is 9.53 Å². The van der Waals surface area contributed by atoms with Gasteiger partial charge in [-0.2, -0.15) is 0 Å². The van der Waals surface area contributed by atoms with Crippen molar-refractivity contribution in [1.82, 2.24) is 0 Å². The van der Waals surface area contributed by atoms with E-state index in [9.17, 15) is 9.90 Å². The third-order valence-corrected chi connectivity index (χ3v) is 2.34. The molecule has 0 aromatic heterocycles. The van der Waals surface area contributed by atoms with E-state index >= 15 is 0 Å². The molecule has 0 fully saturated rings. The summed E-state index contributed by atoms with van der Waals surface area (Å²) in [7, 11) is 1.22. The number of benzene rings is 1. The summed E-state index contributed by atoms with van der Waals surface area (Å²) in [5.41, 5.74) is 1.46. The quantitative estimate of drug-likeness (QED) is 0.364. The van der Waals surface area contributed by atoms with Crippen LogP contribution < -0.4 is 0 Å². The number of aliphatic hydroxyl groups excluding tert-OH is 1. The summed E-state index contributed by atoms with van der Waals surface area (Å²) in [5.74, 6) is -0.932. The highest BCUT2D eigenvalue weighted by atomic mass is 16.5. The van der Waals surface area contributed by atoms with Gasteiger partial charge in [0.25, 0.3) is 0 Å². The lowest BCUT2D eigenvalue weighted by Crippen LogP contribution is -2.16. The van der Waals surface area contributed by atoms with Gasteiger partial charge >= 0.3 is 5.97 Å². The molecule has 0 radical (unpaired) electrons. The van der Waals surface area contributed by atoms with Crippen LogP contribution in [0, 0.1) is 12.3 Å². The number of aryl methyl sites for hydroxylation is 1. The molecule has 0 bridgehead atoms. The molecule has 17 heavy (non-hydrogen) atoms. The van der Waals surface area contributed by atoms with Crippen molar-refractivity contribution in [3.05, 3.63) is 46.7 Å². The zero-order valence-electron chi connectivity index (χ0n) is 10.1. The summed E-state index contributed by atoms with van der Waals surface area (Å²) in [5, 5.41) is 17.3. The van der Waals surface area contributed by atoms with Gasteiger partial charge < -0.3 is 9.84 Å². The fraction of sp³-hybridized carbons (Fsp3) is 0.231. The second kappa shape index (κ2) is 5.30. The van der Waals surface area contributed by atoms with Crippen molar-refractivity contribution in [3.63, 3.8) is 0 Å². The van der Waals surface area contributed by atoms with E-state index in [1.54, 1.807) is 12.1 Å². The molecule has 0 aliphatic heterocycles. The van der Waals surface area contributed by atoms with Gasteiger partial charge in [0.1, 0.15) is 11.3 Å². The average Bonchev–Trinajstić information content (AvgIpc) is 2.29. The molecule has 0 aliphatic carbocycles. The average molecular weight is 233 g/mol. The first-order valence-electron chi connectivity index (χ1n) is 5.11. The Labute approximate surface area is 100 Å². The molecule has 0 spiro atoms. The number of rotatable bonds is 3. The zero-order valence-corrected chi connectivity index (χ0v) is 10.1.